The molecule has 18 heavy (non-hydrogen) atoms. The SMILES string of the molecule is OCC1(Cc2ccc(Br)cc2F)CC2CCC1C2. The Morgan fingerprint density at radius 2 is 2.22 bits per heavy atom. The van der Waals surface area contributed by atoms with Gasteiger partial charge in [0.25, 0.3) is 0 Å². The van der Waals surface area contributed by atoms with Gasteiger partial charge in [-0.05, 0) is 55.2 Å². The second-order valence-corrected chi connectivity index (χ2v) is 6.93. The van der Waals surface area contributed by atoms with Gasteiger partial charge in [0.05, 0.1) is 0 Å². The van der Waals surface area contributed by atoms with Crippen molar-refractivity contribution in [2.24, 2.45) is 17.3 Å². The molecule has 0 radical (unpaired) electrons. The molecule has 3 atom stereocenters. The lowest BCUT2D eigenvalue weighted by Crippen LogP contribution is -2.34. The molecule has 2 aliphatic rings. The van der Waals surface area contributed by atoms with Crippen LogP contribution < -0.4 is 0 Å². The number of benzene rings is 1. The Morgan fingerprint density at radius 1 is 1.39 bits per heavy atom. The fourth-order valence-electron chi connectivity index (χ4n) is 4.07. The first kappa shape index (κ1) is 12.6. The van der Waals surface area contributed by atoms with Gasteiger partial charge < -0.3 is 5.11 Å². The van der Waals surface area contributed by atoms with E-state index >= 15 is 0 Å². The molecule has 1 N–H and O–H groups in total. The van der Waals surface area contributed by atoms with E-state index in [1.54, 1.807) is 0 Å². The van der Waals surface area contributed by atoms with Crippen molar-refractivity contribution >= 4 is 15.9 Å². The summed E-state index contributed by atoms with van der Waals surface area (Å²) in [5.74, 6) is 1.20. The summed E-state index contributed by atoms with van der Waals surface area (Å²) in [6, 6.07) is 5.26. The predicted octanol–water partition coefficient (Wildman–Crippen LogP) is 3.93. The van der Waals surface area contributed by atoms with Gasteiger partial charge in [0, 0.05) is 16.5 Å². The van der Waals surface area contributed by atoms with Crippen molar-refractivity contribution in [2.45, 2.75) is 32.1 Å². The molecule has 0 amide bonds. The Labute approximate surface area is 116 Å². The third-order valence-corrected chi connectivity index (χ3v) is 5.47. The minimum absolute atomic E-state index is 0.0580. The van der Waals surface area contributed by atoms with Crippen LogP contribution in [0.1, 0.15) is 31.2 Å². The maximum Gasteiger partial charge on any atom is 0.127 e. The van der Waals surface area contributed by atoms with Gasteiger partial charge >= 0.3 is 0 Å². The second-order valence-electron chi connectivity index (χ2n) is 6.01. The van der Waals surface area contributed by atoms with E-state index in [-0.39, 0.29) is 17.8 Å². The number of aliphatic hydroxyl groups excluding tert-OH is 1. The van der Waals surface area contributed by atoms with Crippen molar-refractivity contribution in [3.05, 3.63) is 34.1 Å². The Balaban J connectivity index is 1.86. The van der Waals surface area contributed by atoms with Crippen LogP contribution in [0.15, 0.2) is 22.7 Å². The van der Waals surface area contributed by atoms with Crippen LogP contribution in [0.25, 0.3) is 0 Å². The van der Waals surface area contributed by atoms with E-state index in [9.17, 15) is 9.50 Å². The molecule has 0 aromatic heterocycles. The van der Waals surface area contributed by atoms with E-state index in [2.05, 4.69) is 15.9 Å². The number of hydrogen-bond donors (Lipinski definition) is 1. The quantitative estimate of drug-likeness (QED) is 0.896. The van der Waals surface area contributed by atoms with Gasteiger partial charge in [-0.2, -0.15) is 0 Å². The van der Waals surface area contributed by atoms with Crippen LogP contribution in [-0.4, -0.2) is 11.7 Å². The lowest BCUT2D eigenvalue weighted by Gasteiger charge is -2.36. The van der Waals surface area contributed by atoms with Crippen molar-refractivity contribution in [3.63, 3.8) is 0 Å². The van der Waals surface area contributed by atoms with Gasteiger partial charge in [-0.3, -0.25) is 0 Å². The zero-order chi connectivity index (χ0) is 12.8. The first-order valence-electron chi connectivity index (χ1n) is 6.68. The van der Waals surface area contributed by atoms with E-state index in [1.807, 2.05) is 12.1 Å². The molecular weight excluding hydrogens is 295 g/mol. The van der Waals surface area contributed by atoms with Crippen LogP contribution in [0, 0.1) is 23.1 Å². The maximum absolute atomic E-state index is 13.9. The molecule has 98 valence electrons. The molecule has 3 heteroatoms. The third kappa shape index (κ3) is 2.01. The Kier molecular flexibility index (Phi) is 3.23. The summed E-state index contributed by atoms with van der Waals surface area (Å²) in [4.78, 5) is 0. The summed E-state index contributed by atoms with van der Waals surface area (Å²) < 4.78 is 14.7. The number of fused-ring (bicyclic) bond motifs is 2. The van der Waals surface area contributed by atoms with Gasteiger partial charge in [0.15, 0.2) is 0 Å². The van der Waals surface area contributed by atoms with E-state index < -0.39 is 0 Å². The molecule has 2 bridgehead atoms. The molecule has 3 unspecified atom stereocenters. The van der Waals surface area contributed by atoms with Gasteiger partial charge in [-0.15, -0.1) is 0 Å². The highest BCUT2D eigenvalue weighted by Gasteiger charge is 2.50. The highest BCUT2D eigenvalue weighted by Crippen LogP contribution is 2.57. The number of hydrogen-bond acceptors (Lipinski definition) is 1. The average molecular weight is 313 g/mol. The van der Waals surface area contributed by atoms with Gasteiger partial charge in [-0.1, -0.05) is 28.4 Å². The lowest BCUT2D eigenvalue weighted by molar-refractivity contribution is 0.0643. The monoisotopic (exact) mass is 312 g/mol. The van der Waals surface area contributed by atoms with Crippen molar-refractivity contribution in [3.8, 4) is 0 Å². The summed E-state index contributed by atoms with van der Waals surface area (Å²) >= 11 is 3.28. The minimum atomic E-state index is -0.153. The zero-order valence-corrected chi connectivity index (χ0v) is 11.9. The largest absolute Gasteiger partial charge is 0.396 e. The van der Waals surface area contributed by atoms with Crippen LogP contribution in [0.5, 0.6) is 0 Å². The molecule has 1 aromatic carbocycles. The van der Waals surface area contributed by atoms with Crippen LogP contribution in [0.4, 0.5) is 4.39 Å². The Bertz CT molecular complexity index is 462. The van der Waals surface area contributed by atoms with Crippen LogP contribution in [0.2, 0.25) is 0 Å². The zero-order valence-electron chi connectivity index (χ0n) is 10.3. The molecule has 0 saturated heterocycles. The molecule has 0 heterocycles. The Hall–Kier alpha value is -0.410. The fourth-order valence-corrected chi connectivity index (χ4v) is 4.40. The maximum atomic E-state index is 13.9. The summed E-state index contributed by atoms with van der Waals surface area (Å²) in [5, 5.41) is 9.81. The van der Waals surface area contributed by atoms with E-state index in [0.29, 0.717) is 12.3 Å². The number of rotatable bonds is 3. The molecule has 0 spiro atoms. The van der Waals surface area contributed by atoms with Crippen molar-refractivity contribution < 1.29 is 9.50 Å². The normalized spacial score (nSPS) is 34.2. The van der Waals surface area contributed by atoms with Gasteiger partial charge in [-0.25, -0.2) is 4.39 Å². The molecule has 2 fully saturated rings. The summed E-state index contributed by atoms with van der Waals surface area (Å²) in [6.45, 7) is 0.198. The molecule has 3 rings (SSSR count). The van der Waals surface area contributed by atoms with Crippen LogP contribution in [-0.2, 0) is 6.42 Å². The molecule has 2 saturated carbocycles. The minimum Gasteiger partial charge on any atom is -0.396 e. The van der Waals surface area contributed by atoms with Crippen molar-refractivity contribution in [1.29, 1.82) is 0 Å². The summed E-state index contributed by atoms with van der Waals surface area (Å²) in [5.41, 5.74) is 0.692. The highest BCUT2D eigenvalue weighted by atomic mass is 79.9. The first-order valence-corrected chi connectivity index (χ1v) is 7.47. The average Bonchev–Trinajstić information content (AvgIpc) is 2.93. The molecule has 0 aliphatic heterocycles. The van der Waals surface area contributed by atoms with E-state index in [1.165, 1.54) is 25.3 Å². The van der Waals surface area contributed by atoms with Crippen LogP contribution >= 0.6 is 15.9 Å². The van der Waals surface area contributed by atoms with Crippen molar-refractivity contribution in [2.75, 3.05) is 6.61 Å². The van der Waals surface area contributed by atoms with Crippen molar-refractivity contribution in [1.82, 2.24) is 0 Å². The molecule has 1 aromatic rings. The standard InChI is InChI=1S/C15H18BrFO/c16-13-4-2-11(14(17)6-13)8-15(9-18)7-10-1-3-12(15)5-10/h2,4,6,10,12,18H,1,3,5,7-9H2. The van der Waals surface area contributed by atoms with Gasteiger partial charge in [0.1, 0.15) is 5.82 Å². The van der Waals surface area contributed by atoms with Gasteiger partial charge in [0.2, 0.25) is 0 Å². The predicted molar refractivity (Wildman–Crippen MR) is 72.8 cm³/mol. The van der Waals surface area contributed by atoms with E-state index in [0.717, 1.165) is 22.4 Å². The third-order valence-electron chi connectivity index (χ3n) is 4.97. The summed E-state index contributed by atoms with van der Waals surface area (Å²) in [7, 11) is 0. The topological polar surface area (TPSA) is 20.2 Å². The number of aliphatic hydroxyl groups is 1. The second kappa shape index (κ2) is 4.61. The van der Waals surface area contributed by atoms with E-state index in [4.69, 9.17) is 0 Å². The first-order chi connectivity index (χ1) is 8.63. The Morgan fingerprint density at radius 3 is 2.78 bits per heavy atom. The summed E-state index contributed by atoms with van der Waals surface area (Å²) in [6.07, 6.45) is 5.50. The fraction of sp³-hybridized carbons (Fsp3) is 0.600. The van der Waals surface area contributed by atoms with Crippen LogP contribution in [0.3, 0.4) is 0 Å². The highest BCUT2D eigenvalue weighted by molar-refractivity contribution is 9.10. The smallest absolute Gasteiger partial charge is 0.127 e. The lowest BCUT2D eigenvalue weighted by atomic mass is 9.70. The molecule has 1 nitrogen and oxygen atoms in total. The molecule has 2 aliphatic carbocycles. The molecular formula is C15H18BrFO. The number of halogens is 2.